The Morgan fingerprint density at radius 3 is 2.60 bits per heavy atom. The average Bonchev–Trinajstić information content (AvgIpc) is 2.65. The van der Waals surface area contributed by atoms with Crippen molar-refractivity contribution in [2.75, 3.05) is 27.8 Å². The molecule has 0 saturated heterocycles. The van der Waals surface area contributed by atoms with E-state index >= 15 is 0 Å². The third kappa shape index (κ3) is 6.77. The largest absolute Gasteiger partial charge is 0.497 e. The summed E-state index contributed by atoms with van der Waals surface area (Å²) in [7, 11) is 5.08. The normalized spacial score (nSPS) is 10.6. The third-order valence-electron chi connectivity index (χ3n) is 3.56. The fourth-order valence-electron chi connectivity index (χ4n) is 2.29. The Morgan fingerprint density at radius 1 is 1.12 bits per heavy atom. The molecule has 0 unspecified atom stereocenters. The molecule has 0 aliphatic carbocycles. The van der Waals surface area contributed by atoms with Crippen molar-refractivity contribution in [1.82, 2.24) is 15.6 Å². The van der Waals surface area contributed by atoms with Crippen molar-refractivity contribution in [3.63, 3.8) is 0 Å². The maximum atomic E-state index is 5.40. The zero-order chi connectivity index (χ0) is 17.2. The van der Waals surface area contributed by atoms with E-state index in [9.17, 15) is 0 Å². The lowest BCUT2D eigenvalue weighted by atomic mass is 10.1. The molecule has 1 aromatic carbocycles. The molecule has 0 atom stereocenters. The third-order valence-corrected chi connectivity index (χ3v) is 3.56. The van der Waals surface area contributed by atoms with Crippen LogP contribution in [0.2, 0.25) is 0 Å². The van der Waals surface area contributed by atoms with Gasteiger partial charge in [0.15, 0.2) is 5.96 Å². The van der Waals surface area contributed by atoms with Gasteiger partial charge in [-0.2, -0.15) is 0 Å². The first kappa shape index (κ1) is 21.0. The number of ether oxygens (including phenoxy) is 2. The van der Waals surface area contributed by atoms with Crippen LogP contribution in [0.5, 0.6) is 11.5 Å². The lowest BCUT2D eigenvalue weighted by Crippen LogP contribution is -2.38. The highest BCUT2D eigenvalue weighted by Gasteiger charge is 2.06. The minimum atomic E-state index is 0. The molecule has 2 aromatic rings. The fraction of sp³-hybridized carbons (Fsp3) is 0.333. The molecule has 25 heavy (non-hydrogen) atoms. The molecule has 0 fully saturated rings. The number of rotatable bonds is 7. The minimum absolute atomic E-state index is 0. The molecular formula is C18H25IN4O2. The van der Waals surface area contributed by atoms with Crippen molar-refractivity contribution in [3.8, 4) is 11.5 Å². The van der Waals surface area contributed by atoms with Gasteiger partial charge in [0.25, 0.3) is 0 Å². The Morgan fingerprint density at radius 2 is 1.96 bits per heavy atom. The van der Waals surface area contributed by atoms with Crippen LogP contribution in [0.4, 0.5) is 0 Å². The van der Waals surface area contributed by atoms with Crippen LogP contribution in [-0.2, 0) is 13.0 Å². The number of nitrogens with zero attached hydrogens (tertiary/aromatic N) is 2. The summed E-state index contributed by atoms with van der Waals surface area (Å²) in [6.45, 7) is 1.36. The first-order valence-corrected chi connectivity index (χ1v) is 7.82. The van der Waals surface area contributed by atoms with Gasteiger partial charge in [-0.25, -0.2) is 0 Å². The molecule has 1 aromatic heterocycles. The average molecular weight is 456 g/mol. The monoisotopic (exact) mass is 456 g/mol. The number of hydrogen-bond donors (Lipinski definition) is 2. The number of benzene rings is 1. The van der Waals surface area contributed by atoms with Gasteiger partial charge in [0.05, 0.1) is 26.5 Å². The highest BCUT2D eigenvalue weighted by molar-refractivity contribution is 14.0. The van der Waals surface area contributed by atoms with Gasteiger partial charge in [-0.15, -0.1) is 24.0 Å². The van der Waals surface area contributed by atoms with E-state index in [4.69, 9.17) is 9.47 Å². The predicted molar refractivity (Wildman–Crippen MR) is 111 cm³/mol. The highest BCUT2D eigenvalue weighted by atomic mass is 127. The van der Waals surface area contributed by atoms with Crippen molar-refractivity contribution in [1.29, 1.82) is 0 Å². The predicted octanol–water partition coefficient (Wildman–Crippen LogP) is 2.62. The Hall–Kier alpha value is -2.03. The van der Waals surface area contributed by atoms with Crippen molar-refractivity contribution in [2.45, 2.75) is 13.0 Å². The van der Waals surface area contributed by atoms with Gasteiger partial charge in [-0.3, -0.25) is 9.98 Å². The molecule has 2 N–H and O–H groups in total. The molecule has 1 heterocycles. The number of hydrogen-bond acceptors (Lipinski definition) is 4. The Labute approximate surface area is 166 Å². The van der Waals surface area contributed by atoms with Crippen molar-refractivity contribution < 1.29 is 9.47 Å². The molecule has 0 bridgehead atoms. The SMILES string of the molecule is CN=C(NCCc1cc(OC)ccc1OC)NCc1ccccn1.I. The molecular weight excluding hydrogens is 431 g/mol. The summed E-state index contributed by atoms with van der Waals surface area (Å²) in [5.41, 5.74) is 2.06. The lowest BCUT2D eigenvalue weighted by molar-refractivity contribution is 0.398. The van der Waals surface area contributed by atoms with E-state index in [2.05, 4.69) is 20.6 Å². The number of pyridine rings is 1. The van der Waals surface area contributed by atoms with Gasteiger partial charge in [-0.05, 0) is 42.3 Å². The molecule has 0 spiro atoms. The first-order chi connectivity index (χ1) is 11.8. The number of aliphatic imine (C=N–C) groups is 1. The van der Waals surface area contributed by atoms with E-state index in [1.165, 1.54) is 0 Å². The molecule has 6 nitrogen and oxygen atoms in total. The van der Waals surface area contributed by atoms with E-state index in [1.54, 1.807) is 27.5 Å². The van der Waals surface area contributed by atoms with Gasteiger partial charge in [0, 0.05) is 19.8 Å². The van der Waals surface area contributed by atoms with Gasteiger partial charge in [0.1, 0.15) is 11.5 Å². The molecule has 0 aliphatic heterocycles. The number of nitrogens with one attached hydrogen (secondary N) is 2. The van der Waals surface area contributed by atoms with Crippen LogP contribution in [0.25, 0.3) is 0 Å². The smallest absolute Gasteiger partial charge is 0.191 e. The summed E-state index contributed by atoms with van der Waals surface area (Å²) < 4.78 is 10.7. The van der Waals surface area contributed by atoms with Crippen molar-refractivity contribution in [3.05, 3.63) is 53.9 Å². The van der Waals surface area contributed by atoms with Crippen LogP contribution in [0.3, 0.4) is 0 Å². The summed E-state index contributed by atoms with van der Waals surface area (Å²) in [4.78, 5) is 8.50. The summed E-state index contributed by atoms with van der Waals surface area (Å²) in [6.07, 6.45) is 2.58. The number of guanidine groups is 1. The van der Waals surface area contributed by atoms with Gasteiger partial charge in [0.2, 0.25) is 0 Å². The summed E-state index contributed by atoms with van der Waals surface area (Å²) in [5, 5.41) is 6.54. The number of halogens is 1. The van der Waals surface area contributed by atoms with E-state index in [-0.39, 0.29) is 24.0 Å². The number of methoxy groups -OCH3 is 2. The van der Waals surface area contributed by atoms with Gasteiger partial charge >= 0.3 is 0 Å². The Balaban J connectivity index is 0.00000312. The minimum Gasteiger partial charge on any atom is -0.497 e. The molecule has 2 rings (SSSR count). The summed E-state index contributed by atoms with van der Waals surface area (Å²) >= 11 is 0. The van der Waals surface area contributed by atoms with E-state index < -0.39 is 0 Å². The topological polar surface area (TPSA) is 67.8 Å². The standard InChI is InChI=1S/C18H24N4O2.HI/c1-19-18(22-13-15-6-4-5-10-20-15)21-11-9-14-12-16(23-2)7-8-17(14)24-3;/h4-8,10,12H,9,11,13H2,1-3H3,(H2,19,21,22);1H. The number of aromatic nitrogens is 1. The zero-order valence-electron chi connectivity index (χ0n) is 14.8. The second-order valence-electron chi connectivity index (χ2n) is 5.10. The maximum absolute atomic E-state index is 5.40. The van der Waals surface area contributed by atoms with E-state index in [1.807, 2.05) is 36.4 Å². The molecule has 0 radical (unpaired) electrons. The quantitative estimate of drug-likeness (QED) is 0.381. The van der Waals surface area contributed by atoms with E-state index in [0.29, 0.717) is 6.54 Å². The molecule has 7 heteroatoms. The highest BCUT2D eigenvalue weighted by Crippen LogP contribution is 2.24. The Kier molecular flexibility index (Phi) is 9.68. The molecule has 0 amide bonds. The maximum Gasteiger partial charge on any atom is 0.191 e. The molecule has 0 aliphatic rings. The van der Waals surface area contributed by atoms with Crippen LogP contribution in [0.15, 0.2) is 47.6 Å². The lowest BCUT2D eigenvalue weighted by Gasteiger charge is -2.13. The van der Waals surface area contributed by atoms with Gasteiger partial charge in [-0.1, -0.05) is 6.07 Å². The fourth-order valence-corrected chi connectivity index (χ4v) is 2.29. The van der Waals surface area contributed by atoms with E-state index in [0.717, 1.165) is 41.7 Å². The van der Waals surface area contributed by atoms with Crippen LogP contribution in [0, 0.1) is 0 Å². The molecule has 0 saturated carbocycles. The van der Waals surface area contributed by atoms with Crippen LogP contribution < -0.4 is 20.1 Å². The summed E-state index contributed by atoms with van der Waals surface area (Å²) in [6, 6.07) is 11.6. The van der Waals surface area contributed by atoms with Gasteiger partial charge < -0.3 is 20.1 Å². The van der Waals surface area contributed by atoms with Crippen molar-refractivity contribution in [2.24, 2.45) is 4.99 Å². The Bertz CT molecular complexity index is 665. The van der Waals surface area contributed by atoms with Crippen LogP contribution >= 0.6 is 24.0 Å². The second-order valence-corrected chi connectivity index (χ2v) is 5.10. The molecule has 136 valence electrons. The van der Waals surface area contributed by atoms with Crippen LogP contribution in [-0.4, -0.2) is 38.8 Å². The van der Waals surface area contributed by atoms with Crippen LogP contribution in [0.1, 0.15) is 11.3 Å². The second kappa shape index (κ2) is 11.5. The first-order valence-electron chi connectivity index (χ1n) is 7.82. The summed E-state index contributed by atoms with van der Waals surface area (Å²) in [5.74, 6) is 2.42. The zero-order valence-corrected chi connectivity index (χ0v) is 17.1. The van der Waals surface area contributed by atoms with Crippen molar-refractivity contribution >= 4 is 29.9 Å².